The van der Waals surface area contributed by atoms with Crippen LogP contribution in [0.15, 0.2) is 18.3 Å². The minimum absolute atomic E-state index is 0.227. The van der Waals surface area contributed by atoms with Gasteiger partial charge in [0.15, 0.2) is 0 Å². The molecule has 1 fully saturated rings. The number of aromatic nitrogens is 1. The summed E-state index contributed by atoms with van der Waals surface area (Å²) in [7, 11) is 0. The lowest BCUT2D eigenvalue weighted by molar-refractivity contribution is 0.0577. The molecule has 0 aromatic carbocycles. The Kier molecular flexibility index (Phi) is 3.15. The van der Waals surface area contributed by atoms with Crippen LogP contribution in [0.3, 0.4) is 0 Å². The third kappa shape index (κ3) is 3.12. The van der Waals surface area contributed by atoms with Crippen molar-refractivity contribution >= 4 is 17.6 Å². The quantitative estimate of drug-likeness (QED) is 0.874. The first-order valence-corrected chi connectivity index (χ1v) is 6.10. The molecular formula is C13H19N3O2. The summed E-state index contributed by atoms with van der Waals surface area (Å²) in [6.07, 6.45) is 3.29. The number of anilines is 2. The number of nitrogens with two attached hydrogens (primary N) is 1. The van der Waals surface area contributed by atoms with E-state index in [1.165, 1.54) is 0 Å². The highest BCUT2D eigenvalue weighted by Gasteiger charge is 2.36. The van der Waals surface area contributed by atoms with Gasteiger partial charge in [-0.25, -0.2) is 9.78 Å². The van der Waals surface area contributed by atoms with E-state index in [0.29, 0.717) is 5.82 Å². The van der Waals surface area contributed by atoms with Crippen molar-refractivity contribution < 1.29 is 9.53 Å². The average molecular weight is 249 g/mol. The van der Waals surface area contributed by atoms with Crippen LogP contribution in [0, 0.1) is 0 Å². The Balaban J connectivity index is 2.18. The molecule has 1 aliphatic carbocycles. The van der Waals surface area contributed by atoms with E-state index in [9.17, 15) is 4.79 Å². The van der Waals surface area contributed by atoms with Crippen LogP contribution in [-0.4, -0.2) is 22.7 Å². The lowest BCUT2D eigenvalue weighted by Gasteiger charge is -2.27. The van der Waals surface area contributed by atoms with Gasteiger partial charge < -0.3 is 10.5 Å². The highest BCUT2D eigenvalue weighted by Crippen LogP contribution is 2.32. The maximum Gasteiger partial charge on any atom is 0.415 e. The molecule has 0 atom stereocenters. The molecule has 18 heavy (non-hydrogen) atoms. The monoisotopic (exact) mass is 249 g/mol. The number of nitrogens with zero attached hydrogens (tertiary/aromatic N) is 2. The topological polar surface area (TPSA) is 68.5 Å². The summed E-state index contributed by atoms with van der Waals surface area (Å²) in [6.45, 7) is 5.58. The smallest absolute Gasteiger partial charge is 0.415 e. The molecule has 0 spiro atoms. The molecule has 0 saturated heterocycles. The Morgan fingerprint density at radius 1 is 1.44 bits per heavy atom. The minimum Gasteiger partial charge on any atom is -0.443 e. The summed E-state index contributed by atoms with van der Waals surface area (Å²) in [5, 5.41) is 0. The number of hydrogen-bond donors (Lipinski definition) is 1. The molecule has 0 radical (unpaired) electrons. The number of carbonyl (C=O) groups excluding carboxylic acids is 1. The zero-order chi connectivity index (χ0) is 13.3. The molecule has 0 unspecified atom stereocenters. The number of nitrogen functional groups attached to an aromatic ring is 1. The molecule has 98 valence electrons. The van der Waals surface area contributed by atoms with Gasteiger partial charge in [0.1, 0.15) is 11.4 Å². The number of rotatable bonds is 2. The van der Waals surface area contributed by atoms with E-state index >= 15 is 0 Å². The standard InChI is InChI=1S/C13H19N3O2/c1-13(2,3)18-12(17)16(9-4-5-9)10-6-7-11(14)15-8-10/h6-9H,4-5H2,1-3H3,(H2,14,15). The van der Waals surface area contributed by atoms with Gasteiger partial charge in [-0.1, -0.05) is 0 Å². The fraction of sp³-hybridized carbons (Fsp3) is 0.538. The normalized spacial score (nSPS) is 15.3. The number of amides is 1. The van der Waals surface area contributed by atoms with Crippen LogP contribution in [0.2, 0.25) is 0 Å². The van der Waals surface area contributed by atoms with Crippen molar-refractivity contribution in [3.8, 4) is 0 Å². The second kappa shape index (κ2) is 4.48. The Hall–Kier alpha value is -1.78. The first-order valence-electron chi connectivity index (χ1n) is 6.10. The van der Waals surface area contributed by atoms with Crippen LogP contribution < -0.4 is 10.6 Å². The number of carbonyl (C=O) groups is 1. The summed E-state index contributed by atoms with van der Waals surface area (Å²) in [5.41, 5.74) is 5.79. The largest absolute Gasteiger partial charge is 0.443 e. The van der Waals surface area contributed by atoms with Gasteiger partial charge in [0.25, 0.3) is 0 Å². The van der Waals surface area contributed by atoms with Crippen molar-refractivity contribution in [2.75, 3.05) is 10.6 Å². The fourth-order valence-corrected chi connectivity index (χ4v) is 1.65. The summed E-state index contributed by atoms with van der Waals surface area (Å²) < 4.78 is 5.41. The van der Waals surface area contributed by atoms with Crippen molar-refractivity contribution in [1.82, 2.24) is 4.98 Å². The molecule has 0 aliphatic heterocycles. The van der Waals surface area contributed by atoms with E-state index in [2.05, 4.69) is 4.98 Å². The van der Waals surface area contributed by atoms with E-state index in [-0.39, 0.29) is 12.1 Å². The average Bonchev–Trinajstić information content (AvgIpc) is 3.03. The van der Waals surface area contributed by atoms with Crippen LogP contribution in [0.4, 0.5) is 16.3 Å². The van der Waals surface area contributed by atoms with Crippen LogP contribution in [0.1, 0.15) is 33.6 Å². The van der Waals surface area contributed by atoms with Crippen molar-refractivity contribution in [1.29, 1.82) is 0 Å². The van der Waals surface area contributed by atoms with Crippen LogP contribution in [0.5, 0.6) is 0 Å². The van der Waals surface area contributed by atoms with Gasteiger partial charge in [0.2, 0.25) is 0 Å². The Morgan fingerprint density at radius 2 is 2.11 bits per heavy atom. The number of pyridine rings is 1. The van der Waals surface area contributed by atoms with Gasteiger partial charge in [-0.2, -0.15) is 0 Å². The first kappa shape index (κ1) is 12.7. The third-order valence-electron chi connectivity index (χ3n) is 2.55. The second-order valence-corrected chi connectivity index (χ2v) is 5.52. The van der Waals surface area contributed by atoms with E-state index in [4.69, 9.17) is 10.5 Å². The third-order valence-corrected chi connectivity index (χ3v) is 2.55. The zero-order valence-corrected chi connectivity index (χ0v) is 11.0. The number of hydrogen-bond acceptors (Lipinski definition) is 4. The Bertz CT molecular complexity index is 433. The van der Waals surface area contributed by atoms with Crippen molar-refractivity contribution in [3.63, 3.8) is 0 Å². The van der Waals surface area contributed by atoms with Gasteiger partial charge in [-0.05, 0) is 45.7 Å². The first-order chi connectivity index (χ1) is 8.37. The molecule has 1 amide bonds. The molecule has 1 aromatic rings. The summed E-state index contributed by atoms with van der Waals surface area (Å²) >= 11 is 0. The molecule has 2 rings (SSSR count). The predicted molar refractivity (Wildman–Crippen MR) is 70.4 cm³/mol. The van der Waals surface area contributed by atoms with Crippen molar-refractivity contribution in [2.45, 2.75) is 45.3 Å². The van der Waals surface area contributed by atoms with E-state index < -0.39 is 5.60 Å². The van der Waals surface area contributed by atoms with Crippen LogP contribution in [-0.2, 0) is 4.74 Å². The molecular weight excluding hydrogens is 230 g/mol. The van der Waals surface area contributed by atoms with E-state index in [1.807, 2.05) is 20.8 Å². The fourth-order valence-electron chi connectivity index (χ4n) is 1.65. The molecule has 5 nitrogen and oxygen atoms in total. The van der Waals surface area contributed by atoms with E-state index in [0.717, 1.165) is 18.5 Å². The molecule has 1 aromatic heterocycles. The highest BCUT2D eigenvalue weighted by molar-refractivity contribution is 5.89. The van der Waals surface area contributed by atoms with Gasteiger partial charge in [-0.3, -0.25) is 4.90 Å². The van der Waals surface area contributed by atoms with Crippen LogP contribution >= 0.6 is 0 Å². The molecule has 0 bridgehead atoms. The molecule has 1 aliphatic rings. The summed E-state index contributed by atoms with van der Waals surface area (Å²) in [6, 6.07) is 3.71. The molecule has 1 heterocycles. The van der Waals surface area contributed by atoms with Gasteiger partial charge in [-0.15, -0.1) is 0 Å². The molecule has 5 heteroatoms. The maximum atomic E-state index is 12.2. The molecule has 1 saturated carbocycles. The van der Waals surface area contributed by atoms with Gasteiger partial charge >= 0.3 is 6.09 Å². The van der Waals surface area contributed by atoms with Crippen molar-refractivity contribution in [2.24, 2.45) is 0 Å². The van der Waals surface area contributed by atoms with Gasteiger partial charge in [0, 0.05) is 6.04 Å². The van der Waals surface area contributed by atoms with Gasteiger partial charge in [0.05, 0.1) is 11.9 Å². The number of ether oxygens (including phenoxy) is 1. The van der Waals surface area contributed by atoms with Crippen molar-refractivity contribution in [3.05, 3.63) is 18.3 Å². The Morgan fingerprint density at radius 3 is 2.56 bits per heavy atom. The lowest BCUT2D eigenvalue weighted by Crippen LogP contribution is -2.38. The van der Waals surface area contributed by atoms with Crippen LogP contribution in [0.25, 0.3) is 0 Å². The molecule has 2 N–H and O–H groups in total. The van der Waals surface area contributed by atoms with E-state index in [1.54, 1.807) is 23.2 Å². The zero-order valence-electron chi connectivity index (χ0n) is 11.0. The SMILES string of the molecule is CC(C)(C)OC(=O)N(c1ccc(N)nc1)C1CC1. The summed E-state index contributed by atoms with van der Waals surface area (Å²) in [5.74, 6) is 0.443. The predicted octanol–water partition coefficient (Wildman–Crippen LogP) is 2.57. The summed E-state index contributed by atoms with van der Waals surface area (Å²) in [4.78, 5) is 17.9. The highest BCUT2D eigenvalue weighted by atomic mass is 16.6. The minimum atomic E-state index is -0.495. The lowest BCUT2D eigenvalue weighted by atomic mass is 10.2. The maximum absolute atomic E-state index is 12.2. The Labute approximate surface area is 107 Å². The second-order valence-electron chi connectivity index (χ2n) is 5.52.